The van der Waals surface area contributed by atoms with E-state index >= 15 is 0 Å². The molecule has 0 radical (unpaired) electrons. The number of benzene rings is 1. The zero-order valence-corrected chi connectivity index (χ0v) is 17.0. The molecule has 2 fully saturated rings. The zero-order valence-electron chi connectivity index (χ0n) is 17.0. The molecule has 2 atom stereocenters. The Bertz CT molecular complexity index is 960. The fourth-order valence-corrected chi connectivity index (χ4v) is 4.57. The first-order valence-corrected chi connectivity index (χ1v) is 10.6. The summed E-state index contributed by atoms with van der Waals surface area (Å²) in [5.74, 6) is -3.79. The van der Waals surface area contributed by atoms with E-state index in [4.69, 9.17) is 0 Å². The molecule has 8 nitrogen and oxygen atoms in total. The van der Waals surface area contributed by atoms with Crippen molar-refractivity contribution in [2.45, 2.75) is 50.6 Å². The predicted molar refractivity (Wildman–Crippen MR) is 107 cm³/mol. The van der Waals surface area contributed by atoms with Crippen LogP contribution in [0, 0.1) is 17.6 Å². The average molecular weight is 433 g/mol. The van der Waals surface area contributed by atoms with Crippen molar-refractivity contribution in [3.63, 3.8) is 0 Å². The van der Waals surface area contributed by atoms with E-state index in [1.54, 1.807) is 0 Å². The topological polar surface area (TPSA) is 100 Å². The lowest BCUT2D eigenvalue weighted by Gasteiger charge is -2.42. The number of likely N-dealkylation sites (tertiary alicyclic amines) is 1. The van der Waals surface area contributed by atoms with Crippen molar-refractivity contribution >= 4 is 11.9 Å². The third kappa shape index (κ3) is 4.73. The Morgan fingerprint density at radius 2 is 1.90 bits per heavy atom. The molecule has 10 heteroatoms. The van der Waals surface area contributed by atoms with E-state index in [0.717, 1.165) is 30.1 Å². The van der Waals surface area contributed by atoms with Gasteiger partial charge in [0.15, 0.2) is 11.5 Å². The van der Waals surface area contributed by atoms with Gasteiger partial charge in [0.25, 0.3) is 5.91 Å². The van der Waals surface area contributed by atoms with Gasteiger partial charge < -0.3 is 10.4 Å². The molecule has 2 aliphatic rings. The molecule has 31 heavy (non-hydrogen) atoms. The van der Waals surface area contributed by atoms with Crippen molar-refractivity contribution in [3.8, 4) is 5.69 Å². The molecule has 1 aromatic heterocycles. The minimum Gasteiger partial charge on any atom is -0.481 e. The normalized spacial score (nSPS) is 22.9. The second kappa shape index (κ2) is 9.09. The van der Waals surface area contributed by atoms with Crippen LogP contribution in [0.5, 0.6) is 0 Å². The molecule has 0 spiro atoms. The van der Waals surface area contributed by atoms with Gasteiger partial charge in [-0.2, -0.15) is 0 Å². The molecule has 0 bridgehead atoms. The summed E-state index contributed by atoms with van der Waals surface area (Å²) in [6.45, 7) is 1.13. The lowest BCUT2D eigenvalue weighted by Crippen LogP contribution is -2.56. The summed E-state index contributed by atoms with van der Waals surface area (Å²) in [6.07, 6.45) is 7.51. The molecule has 1 aromatic carbocycles. The number of carboxylic acid groups (broad SMARTS) is 1. The highest BCUT2D eigenvalue weighted by molar-refractivity contribution is 5.92. The maximum atomic E-state index is 14.0. The van der Waals surface area contributed by atoms with E-state index in [2.05, 4.69) is 20.5 Å². The largest absolute Gasteiger partial charge is 0.481 e. The van der Waals surface area contributed by atoms with Gasteiger partial charge in [0.05, 0.1) is 12.1 Å². The number of carboxylic acids is 1. The molecule has 1 saturated heterocycles. The molecule has 1 saturated carbocycles. The first kappa shape index (κ1) is 21.4. The zero-order chi connectivity index (χ0) is 22.0. The molecule has 2 N–H and O–H groups in total. The number of hydrogen-bond donors (Lipinski definition) is 2. The smallest absolute Gasteiger partial charge is 0.309 e. The summed E-state index contributed by atoms with van der Waals surface area (Å²) in [5.41, 5.74) is -0.111. The molecule has 2 heterocycles. The number of rotatable bonds is 5. The second-order valence-electron chi connectivity index (χ2n) is 8.24. The number of amides is 1. The molecule has 0 unspecified atom stereocenters. The van der Waals surface area contributed by atoms with Crippen LogP contribution in [0.3, 0.4) is 0 Å². The first-order chi connectivity index (χ1) is 14.9. The summed E-state index contributed by atoms with van der Waals surface area (Å²) in [7, 11) is 0. The van der Waals surface area contributed by atoms with E-state index in [1.807, 2.05) is 0 Å². The number of carbonyl (C=O) groups is 2. The van der Waals surface area contributed by atoms with E-state index < -0.39 is 35.5 Å². The highest BCUT2D eigenvalue weighted by Crippen LogP contribution is 2.27. The van der Waals surface area contributed by atoms with Gasteiger partial charge in [-0.15, -0.1) is 5.10 Å². The van der Waals surface area contributed by atoms with Crippen LogP contribution < -0.4 is 5.32 Å². The molecule has 2 aromatic rings. The summed E-state index contributed by atoms with van der Waals surface area (Å²) < 4.78 is 28.1. The summed E-state index contributed by atoms with van der Waals surface area (Å²) >= 11 is 0. The minimum atomic E-state index is -0.942. The Balaban J connectivity index is 1.43. The van der Waals surface area contributed by atoms with Crippen LogP contribution in [0.25, 0.3) is 5.69 Å². The van der Waals surface area contributed by atoms with Gasteiger partial charge in [-0.05, 0) is 31.4 Å². The SMILES string of the molecule is O=C(N[C@H]1CCN(C2CCCCC2)C[C@@H]1C(=O)O)c1cn(-c2ccc(F)cc2F)nn1. The number of piperidine rings is 1. The maximum Gasteiger partial charge on any atom is 0.309 e. The van der Waals surface area contributed by atoms with Crippen LogP contribution >= 0.6 is 0 Å². The molecular weight excluding hydrogens is 408 g/mol. The lowest BCUT2D eigenvalue weighted by atomic mass is 9.87. The molecular formula is C21H25F2N5O3. The van der Waals surface area contributed by atoms with Crippen LogP contribution in [0.2, 0.25) is 0 Å². The van der Waals surface area contributed by atoms with Gasteiger partial charge in [0.2, 0.25) is 0 Å². The third-order valence-electron chi connectivity index (χ3n) is 6.25. The molecule has 166 valence electrons. The van der Waals surface area contributed by atoms with Crippen molar-refractivity contribution in [1.29, 1.82) is 0 Å². The fourth-order valence-electron chi connectivity index (χ4n) is 4.57. The van der Waals surface area contributed by atoms with Gasteiger partial charge in [0.1, 0.15) is 11.5 Å². The van der Waals surface area contributed by atoms with Gasteiger partial charge in [-0.25, -0.2) is 13.5 Å². The predicted octanol–water partition coefficient (Wildman–Crippen LogP) is 2.38. The van der Waals surface area contributed by atoms with Gasteiger partial charge in [0, 0.05) is 31.2 Å². The molecule has 1 aliphatic carbocycles. The van der Waals surface area contributed by atoms with E-state index in [9.17, 15) is 23.5 Å². The van der Waals surface area contributed by atoms with Crippen molar-refractivity contribution in [2.75, 3.05) is 13.1 Å². The molecule has 1 aliphatic heterocycles. The molecule has 1 amide bonds. The summed E-state index contributed by atoms with van der Waals surface area (Å²) in [6, 6.07) is 2.88. The summed E-state index contributed by atoms with van der Waals surface area (Å²) in [5, 5.41) is 20.0. The van der Waals surface area contributed by atoms with Crippen LogP contribution in [-0.4, -0.2) is 62.0 Å². The van der Waals surface area contributed by atoms with Crippen molar-refractivity contribution < 1.29 is 23.5 Å². The third-order valence-corrected chi connectivity index (χ3v) is 6.25. The highest BCUT2D eigenvalue weighted by atomic mass is 19.1. The Morgan fingerprint density at radius 1 is 1.13 bits per heavy atom. The van der Waals surface area contributed by atoms with Crippen molar-refractivity contribution in [3.05, 3.63) is 41.7 Å². The van der Waals surface area contributed by atoms with Crippen molar-refractivity contribution in [1.82, 2.24) is 25.2 Å². The fraction of sp³-hybridized carbons (Fsp3) is 0.524. The van der Waals surface area contributed by atoms with Crippen molar-refractivity contribution in [2.24, 2.45) is 5.92 Å². The lowest BCUT2D eigenvalue weighted by molar-refractivity contribution is -0.145. The Morgan fingerprint density at radius 3 is 2.61 bits per heavy atom. The Labute approximate surface area is 178 Å². The number of halogens is 2. The number of aromatic nitrogens is 3. The quantitative estimate of drug-likeness (QED) is 0.751. The maximum absolute atomic E-state index is 14.0. The Hall–Kier alpha value is -2.88. The number of hydrogen-bond acceptors (Lipinski definition) is 5. The van der Waals surface area contributed by atoms with Crippen LogP contribution in [0.1, 0.15) is 49.0 Å². The number of nitrogens with zero attached hydrogens (tertiary/aromatic N) is 4. The van der Waals surface area contributed by atoms with Crippen LogP contribution in [0.4, 0.5) is 8.78 Å². The number of nitrogens with one attached hydrogen (secondary N) is 1. The average Bonchev–Trinajstić information content (AvgIpc) is 3.24. The second-order valence-corrected chi connectivity index (χ2v) is 8.24. The monoisotopic (exact) mass is 433 g/mol. The van der Waals surface area contributed by atoms with Gasteiger partial charge >= 0.3 is 5.97 Å². The van der Waals surface area contributed by atoms with Gasteiger partial charge in [-0.1, -0.05) is 24.5 Å². The highest BCUT2D eigenvalue weighted by Gasteiger charge is 2.38. The molecule has 4 rings (SSSR count). The summed E-state index contributed by atoms with van der Waals surface area (Å²) in [4.78, 5) is 26.8. The number of carbonyl (C=O) groups excluding carboxylic acids is 1. The van der Waals surface area contributed by atoms with E-state index in [0.29, 0.717) is 25.1 Å². The first-order valence-electron chi connectivity index (χ1n) is 10.6. The number of aliphatic carboxylic acids is 1. The standard InChI is InChI=1S/C21H25F2N5O3/c22-13-6-7-19(16(23)10-13)28-12-18(25-26-28)20(29)24-17-8-9-27(11-15(17)21(30)31)14-4-2-1-3-5-14/h6-7,10,12,14-15,17H,1-5,8-9,11H2,(H,24,29)(H,30,31)/t15-,17-/m0/s1. The van der Waals surface area contributed by atoms with E-state index in [-0.39, 0.29) is 11.4 Å². The van der Waals surface area contributed by atoms with Crippen LogP contribution in [-0.2, 0) is 4.79 Å². The van der Waals surface area contributed by atoms with Crippen LogP contribution in [0.15, 0.2) is 24.4 Å². The van der Waals surface area contributed by atoms with Gasteiger partial charge in [-0.3, -0.25) is 14.5 Å². The van der Waals surface area contributed by atoms with E-state index in [1.165, 1.54) is 31.5 Å². The Kier molecular flexibility index (Phi) is 6.26. The minimum absolute atomic E-state index is 0.0443.